The summed E-state index contributed by atoms with van der Waals surface area (Å²) < 4.78 is 5.02. The van der Waals surface area contributed by atoms with Crippen LogP contribution in [0.4, 0.5) is 0 Å². The van der Waals surface area contributed by atoms with Gasteiger partial charge in [0.2, 0.25) is 11.8 Å². The average molecular weight is 333 g/mol. The molecule has 2 amide bonds. The van der Waals surface area contributed by atoms with Crippen LogP contribution in [-0.4, -0.2) is 55.0 Å². The molecule has 2 heterocycles. The molecule has 24 heavy (non-hydrogen) atoms. The summed E-state index contributed by atoms with van der Waals surface area (Å²) in [6, 6.07) is 5.92. The van der Waals surface area contributed by atoms with Crippen LogP contribution in [0.5, 0.6) is 0 Å². The monoisotopic (exact) mass is 333 g/mol. The fourth-order valence-electron chi connectivity index (χ4n) is 2.88. The quantitative estimate of drug-likeness (QED) is 0.694. The van der Waals surface area contributed by atoms with E-state index in [1.165, 1.54) is 0 Å². The first-order chi connectivity index (χ1) is 11.7. The van der Waals surface area contributed by atoms with E-state index in [4.69, 9.17) is 4.74 Å². The Kier molecular flexibility index (Phi) is 7.68. The van der Waals surface area contributed by atoms with Crippen molar-refractivity contribution in [3.8, 4) is 0 Å². The van der Waals surface area contributed by atoms with Gasteiger partial charge in [-0.2, -0.15) is 0 Å². The zero-order valence-corrected chi connectivity index (χ0v) is 14.4. The highest BCUT2D eigenvalue weighted by atomic mass is 16.5. The molecule has 0 radical (unpaired) electrons. The van der Waals surface area contributed by atoms with Crippen LogP contribution in [-0.2, 0) is 20.7 Å². The summed E-state index contributed by atoms with van der Waals surface area (Å²) in [6.07, 6.45) is 5.75. The van der Waals surface area contributed by atoms with Crippen molar-refractivity contribution in [3.63, 3.8) is 0 Å². The molecule has 1 aliphatic heterocycles. The highest BCUT2D eigenvalue weighted by Crippen LogP contribution is 2.17. The lowest BCUT2D eigenvalue weighted by atomic mass is 9.96. The third kappa shape index (κ3) is 5.92. The molecule has 1 aromatic rings. The number of aromatic nitrogens is 1. The van der Waals surface area contributed by atoms with Gasteiger partial charge in [0, 0.05) is 45.1 Å². The van der Waals surface area contributed by atoms with Crippen LogP contribution >= 0.6 is 0 Å². The van der Waals surface area contributed by atoms with E-state index in [0.717, 1.165) is 25.0 Å². The molecule has 1 atom stereocenters. The Balaban J connectivity index is 1.64. The number of nitrogens with one attached hydrogen (secondary N) is 1. The molecule has 1 aromatic heterocycles. The van der Waals surface area contributed by atoms with E-state index >= 15 is 0 Å². The van der Waals surface area contributed by atoms with E-state index < -0.39 is 0 Å². The van der Waals surface area contributed by atoms with Crippen molar-refractivity contribution < 1.29 is 14.3 Å². The summed E-state index contributed by atoms with van der Waals surface area (Å²) in [5, 5.41) is 3.00. The molecule has 132 valence electrons. The van der Waals surface area contributed by atoms with Gasteiger partial charge < -0.3 is 15.0 Å². The van der Waals surface area contributed by atoms with Crippen LogP contribution in [0.1, 0.15) is 31.4 Å². The van der Waals surface area contributed by atoms with Crippen molar-refractivity contribution in [1.82, 2.24) is 15.2 Å². The molecular weight excluding hydrogens is 306 g/mol. The number of hydrogen-bond acceptors (Lipinski definition) is 4. The number of piperidine rings is 1. The summed E-state index contributed by atoms with van der Waals surface area (Å²) in [5.41, 5.74) is 1.09. The van der Waals surface area contributed by atoms with Gasteiger partial charge in [-0.1, -0.05) is 6.07 Å². The third-order valence-electron chi connectivity index (χ3n) is 4.32. The lowest BCUT2D eigenvalue weighted by molar-refractivity contribution is -0.138. The van der Waals surface area contributed by atoms with Gasteiger partial charge in [0.25, 0.3) is 0 Å². The first kappa shape index (κ1) is 18.4. The predicted octanol–water partition coefficient (Wildman–Crippen LogP) is 1.41. The largest absolute Gasteiger partial charge is 0.383 e. The minimum Gasteiger partial charge on any atom is -0.383 e. The van der Waals surface area contributed by atoms with Gasteiger partial charge >= 0.3 is 0 Å². The lowest BCUT2D eigenvalue weighted by Crippen LogP contribution is -2.46. The number of methoxy groups -OCH3 is 1. The van der Waals surface area contributed by atoms with Gasteiger partial charge in [-0.15, -0.1) is 0 Å². The summed E-state index contributed by atoms with van der Waals surface area (Å²) in [4.78, 5) is 30.1. The second kappa shape index (κ2) is 10.0. The van der Waals surface area contributed by atoms with Crippen molar-refractivity contribution in [2.45, 2.75) is 32.1 Å². The normalized spacial score (nSPS) is 17.8. The molecule has 0 aliphatic carbocycles. The van der Waals surface area contributed by atoms with Crippen molar-refractivity contribution in [3.05, 3.63) is 30.1 Å². The number of amides is 2. The Labute approximate surface area is 143 Å². The second-order valence-corrected chi connectivity index (χ2v) is 6.14. The molecular formula is C18H27N3O3. The number of pyridine rings is 1. The minimum atomic E-state index is -0.102. The highest BCUT2D eigenvalue weighted by Gasteiger charge is 2.29. The van der Waals surface area contributed by atoms with E-state index in [2.05, 4.69) is 10.3 Å². The van der Waals surface area contributed by atoms with Gasteiger partial charge in [0.15, 0.2) is 0 Å². The highest BCUT2D eigenvalue weighted by molar-refractivity contribution is 5.83. The molecule has 1 N–H and O–H groups in total. The fraction of sp³-hybridized carbons (Fsp3) is 0.611. The number of ether oxygens (including phenoxy) is 1. The number of aryl methyl sites for hydroxylation is 1. The van der Waals surface area contributed by atoms with E-state index in [1.54, 1.807) is 18.2 Å². The summed E-state index contributed by atoms with van der Waals surface area (Å²) in [6.45, 7) is 2.24. The maximum atomic E-state index is 12.3. The zero-order chi connectivity index (χ0) is 17.2. The van der Waals surface area contributed by atoms with E-state index in [9.17, 15) is 9.59 Å². The Hall–Kier alpha value is -1.95. The number of unbranched alkanes of at least 4 members (excludes halogenated alkanes) is 1. The van der Waals surface area contributed by atoms with Gasteiger partial charge in [0.05, 0.1) is 12.5 Å². The molecule has 6 heteroatoms. The molecule has 0 spiro atoms. The van der Waals surface area contributed by atoms with E-state index in [1.807, 2.05) is 18.2 Å². The summed E-state index contributed by atoms with van der Waals surface area (Å²) in [7, 11) is 1.61. The smallest absolute Gasteiger partial charge is 0.224 e. The Morgan fingerprint density at radius 1 is 1.42 bits per heavy atom. The number of likely N-dealkylation sites (tertiary alicyclic amines) is 1. The van der Waals surface area contributed by atoms with Crippen LogP contribution in [0.15, 0.2) is 24.4 Å². The molecule has 0 unspecified atom stereocenters. The molecule has 1 aliphatic rings. The molecule has 2 rings (SSSR count). The van der Waals surface area contributed by atoms with Crippen molar-refractivity contribution in [2.75, 3.05) is 33.4 Å². The third-order valence-corrected chi connectivity index (χ3v) is 4.32. The number of rotatable bonds is 9. The Bertz CT molecular complexity index is 522. The van der Waals surface area contributed by atoms with Gasteiger partial charge in [-0.05, 0) is 37.8 Å². The van der Waals surface area contributed by atoms with E-state index in [-0.39, 0.29) is 17.7 Å². The van der Waals surface area contributed by atoms with Gasteiger partial charge in [0.1, 0.15) is 0 Å². The Morgan fingerprint density at radius 2 is 2.29 bits per heavy atom. The summed E-state index contributed by atoms with van der Waals surface area (Å²) in [5.74, 6) is 0.0737. The summed E-state index contributed by atoms with van der Waals surface area (Å²) >= 11 is 0. The molecule has 1 fully saturated rings. The number of nitrogens with zero attached hydrogens (tertiary/aromatic N) is 2. The van der Waals surface area contributed by atoms with Crippen molar-refractivity contribution in [1.29, 1.82) is 0 Å². The van der Waals surface area contributed by atoms with Gasteiger partial charge in [-0.25, -0.2) is 0 Å². The molecule has 0 saturated carbocycles. The molecule has 6 nitrogen and oxygen atoms in total. The molecule has 0 bridgehead atoms. The number of hydrogen-bond donors (Lipinski definition) is 1. The minimum absolute atomic E-state index is 0.0581. The van der Waals surface area contributed by atoms with Crippen LogP contribution < -0.4 is 5.32 Å². The second-order valence-electron chi connectivity index (χ2n) is 6.14. The van der Waals surface area contributed by atoms with Crippen LogP contribution in [0.2, 0.25) is 0 Å². The number of carbonyl (C=O) groups excluding carboxylic acids is 2. The Morgan fingerprint density at radius 3 is 3.04 bits per heavy atom. The SMILES string of the molecule is COCCN1C[C@H](C(=O)NCCCCc2ccccn2)CCC1=O. The standard InChI is InChI=1S/C18H27N3O3/c1-24-13-12-21-14-15(8-9-17(21)22)18(23)20-11-5-3-7-16-6-2-4-10-19-16/h2,4,6,10,15H,3,5,7-9,11-14H2,1H3,(H,20,23)/t15-/m1/s1. The number of carbonyl (C=O) groups is 2. The maximum absolute atomic E-state index is 12.3. The average Bonchev–Trinajstić information content (AvgIpc) is 2.61. The fourth-order valence-corrected chi connectivity index (χ4v) is 2.88. The predicted molar refractivity (Wildman–Crippen MR) is 91.4 cm³/mol. The van der Waals surface area contributed by atoms with Crippen molar-refractivity contribution >= 4 is 11.8 Å². The zero-order valence-electron chi connectivity index (χ0n) is 14.4. The molecule has 1 saturated heterocycles. The van der Waals surface area contributed by atoms with Crippen LogP contribution in [0.25, 0.3) is 0 Å². The van der Waals surface area contributed by atoms with Crippen LogP contribution in [0.3, 0.4) is 0 Å². The lowest BCUT2D eigenvalue weighted by Gasteiger charge is -2.31. The van der Waals surface area contributed by atoms with Gasteiger partial charge in [-0.3, -0.25) is 14.6 Å². The van der Waals surface area contributed by atoms with E-state index in [0.29, 0.717) is 39.1 Å². The van der Waals surface area contributed by atoms with Crippen molar-refractivity contribution in [2.24, 2.45) is 5.92 Å². The topological polar surface area (TPSA) is 71.5 Å². The maximum Gasteiger partial charge on any atom is 0.224 e. The first-order valence-electron chi connectivity index (χ1n) is 8.65. The first-order valence-corrected chi connectivity index (χ1v) is 8.65. The van der Waals surface area contributed by atoms with Crippen LogP contribution in [0, 0.1) is 5.92 Å². The molecule has 0 aromatic carbocycles.